The third-order valence-corrected chi connectivity index (χ3v) is 3.39. The van der Waals surface area contributed by atoms with E-state index < -0.39 is 0 Å². The minimum absolute atomic E-state index is 0.222. The van der Waals surface area contributed by atoms with Crippen LogP contribution in [0.25, 0.3) is 0 Å². The van der Waals surface area contributed by atoms with E-state index in [2.05, 4.69) is 0 Å². The third kappa shape index (κ3) is 2.23. The van der Waals surface area contributed by atoms with Crippen LogP contribution in [0.5, 0.6) is 0 Å². The van der Waals surface area contributed by atoms with Crippen molar-refractivity contribution in [3.8, 4) is 0 Å². The molecule has 1 nitrogen and oxygen atoms in total. The molecule has 0 aliphatic heterocycles. The molecule has 13 heavy (non-hydrogen) atoms. The van der Waals surface area contributed by atoms with Crippen molar-refractivity contribution >= 4 is 46.4 Å². The summed E-state index contributed by atoms with van der Waals surface area (Å²) >= 11 is 23.3. The number of hydrogen-bond acceptors (Lipinski definition) is 1. The highest BCUT2D eigenvalue weighted by atomic mass is 35.5. The number of benzene rings is 1. The molecule has 0 saturated heterocycles. The van der Waals surface area contributed by atoms with Crippen LogP contribution < -0.4 is 5.73 Å². The molecule has 0 bridgehead atoms. The minimum atomic E-state index is -0.222. The molecule has 1 aromatic rings. The second-order valence-electron chi connectivity index (χ2n) is 2.68. The van der Waals surface area contributed by atoms with Crippen molar-refractivity contribution in [1.82, 2.24) is 0 Å². The Morgan fingerprint density at radius 3 is 2.08 bits per heavy atom. The van der Waals surface area contributed by atoms with Crippen LogP contribution in [0.2, 0.25) is 20.1 Å². The quantitative estimate of drug-likeness (QED) is 0.589. The van der Waals surface area contributed by atoms with Crippen molar-refractivity contribution in [3.05, 3.63) is 31.7 Å². The third-order valence-electron chi connectivity index (χ3n) is 1.62. The van der Waals surface area contributed by atoms with Gasteiger partial charge in [-0.25, -0.2) is 0 Å². The summed E-state index contributed by atoms with van der Waals surface area (Å²) in [6.45, 7) is 1.79. The maximum Gasteiger partial charge on any atom is 0.0797 e. The van der Waals surface area contributed by atoms with Crippen LogP contribution in [0.4, 0.5) is 0 Å². The molecule has 0 spiro atoms. The van der Waals surface area contributed by atoms with Gasteiger partial charge in [-0.3, -0.25) is 0 Å². The lowest BCUT2D eigenvalue weighted by Gasteiger charge is -2.11. The highest BCUT2D eigenvalue weighted by Gasteiger charge is 2.14. The molecule has 0 fully saturated rings. The molecule has 1 rings (SSSR count). The molecule has 0 aliphatic rings. The summed E-state index contributed by atoms with van der Waals surface area (Å²) in [6, 6.07) is 1.41. The lowest BCUT2D eigenvalue weighted by atomic mass is 10.1. The van der Waals surface area contributed by atoms with Gasteiger partial charge in [-0.15, -0.1) is 0 Å². The van der Waals surface area contributed by atoms with E-state index in [4.69, 9.17) is 52.1 Å². The molecular formula is C8H7Cl4N. The van der Waals surface area contributed by atoms with Gasteiger partial charge in [-0.05, 0) is 18.6 Å². The van der Waals surface area contributed by atoms with Gasteiger partial charge in [0.2, 0.25) is 0 Å². The summed E-state index contributed by atoms with van der Waals surface area (Å²) in [5, 5.41) is 1.25. The van der Waals surface area contributed by atoms with E-state index in [0.29, 0.717) is 15.6 Å². The van der Waals surface area contributed by atoms with Gasteiger partial charge in [0.1, 0.15) is 0 Å². The normalized spacial score (nSPS) is 13.1. The van der Waals surface area contributed by atoms with E-state index in [1.54, 1.807) is 13.0 Å². The van der Waals surface area contributed by atoms with Crippen molar-refractivity contribution in [2.45, 2.75) is 13.0 Å². The van der Waals surface area contributed by atoms with Crippen LogP contribution in [-0.2, 0) is 0 Å². The number of rotatable bonds is 1. The average molecular weight is 259 g/mol. The molecule has 0 heterocycles. The molecule has 0 radical (unpaired) electrons. The van der Waals surface area contributed by atoms with Gasteiger partial charge in [0, 0.05) is 6.04 Å². The highest BCUT2D eigenvalue weighted by molar-refractivity contribution is 6.52. The lowest BCUT2D eigenvalue weighted by Crippen LogP contribution is -2.06. The van der Waals surface area contributed by atoms with E-state index in [1.165, 1.54) is 0 Å². The van der Waals surface area contributed by atoms with Gasteiger partial charge in [-0.2, -0.15) is 0 Å². The number of nitrogens with two attached hydrogens (primary N) is 1. The summed E-state index contributed by atoms with van der Waals surface area (Å²) in [6.07, 6.45) is 0. The molecule has 1 aromatic carbocycles. The zero-order chi connectivity index (χ0) is 10.2. The first-order chi connectivity index (χ1) is 5.95. The van der Waals surface area contributed by atoms with Gasteiger partial charge in [0.25, 0.3) is 0 Å². The number of hydrogen-bond donors (Lipinski definition) is 1. The fourth-order valence-electron chi connectivity index (χ4n) is 0.922. The molecule has 72 valence electrons. The molecule has 5 heteroatoms. The van der Waals surface area contributed by atoms with E-state index in [-0.39, 0.29) is 16.1 Å². The zero-order valence-electron chi connectivity index (χ0n) is 6.74. The maximum atomic E-state index is 5.91. The topological polar surface area (TPSA) is 26.0 Å². The Balaban J connectivity index is 3.41. The largest absolute Gasteiger partial charge is 0.324 e. The average Bonchev–Trinajstić information content (AvgIpc) is 2.07. The maximum absolute atomic E-state index is 5.91. The second kappa shape index (κ2) is 4.24. The Morgan fingerprint density at radius 1 is 1.08 bits per heavy atom. The minimum Gasteiger partial charge on any atom is -0.324 e. The molecule has 0 aliphatic carbocycles. The Labute approximate surface area is 96.7 Å². The van der Waals surface area contributed by atoms with Crippen LogP contribution in [0.1, 0.15) is 18.5 Å². The van der Waals surface area contributed by atoms with Gasteiger partial charge in [0.15, 0.2) is 0 Å². The van der Waals surface area contributed by atoms with Gasteiger partial charge in [-0.1, -0.05) is 46.4 Å². The summed E-state index contributed by atoms with van der Waals surface area (Å²) in [4.78, 5) is 0. The fraction of sp³-hybridized carbons (Fsp3) is 0.250. The van der Waals surface area contributed by atoms with Crippen LogP contribution in [0.15, 0.2) is 6.07 Å². The lowest BCUT2D eigenvalue weighted by molar-refractivity contribution is 0.819. The van der Waals surface area contributed by atoms with Crippen LogP contribution in [-0.4, -0.2) is 0 Å². The van der Waals surface area contributed by atoms with Crippen molar-refractivity contribution in [3.63, 3.8) is 0 Å². The molecular weight excluding hydrogens is 252 g/mol. The molecule has 0 amide bonds. The Hall–Kier alpha value is 0.340. The summed E-state index contributed by atoms with van der Waals surface area (Å²) in [5.41, 5.74) is 6.35. The van der Waals surface area contributed by atoms with Crippen LogP contribution >= 0.6 is 46.4 Å². The SMILES string of the molecule is CC(N)c1cc(Cl)c(Cl)c(Cl)c1Cl. The zero-order valence-corrected chi connectivity index (χ0v) is 9.77. The molecule has 2 N–H and O–H groups in total. The molecule has 1 atom stereocenters. The van der Waals surface area contributed by atoms with Gasteiger partial charge in [0.05, 0.1) is 20.1 Å². The summed E-state index contributed by atoms with van der Waals surface area (Å²) in [7, 11) is 0. The van der Waals surface area contributed by atoms with Gasteiger partial charge >= 0.3 is 0 Å². The number of halogens is 4. The molecule has 0 saturated carbocycles. The molecule has 0 aromatic heterocycles. The monoisotopic (exact) mass is 257 g/mol. The first-order valence-electron chi connectivity index (χ1n) is 3.53. The molecule has 1 unspecified atom stereocenters. The van der Waals surface area contributed by atoms with Crippen molar-refractivity contribution < 1.29 is 0 Å². The van der Waals surface area contributed by atoms with Crippen molar-refractivity contribution in [2.24, 2.45) is 5.73 Å². The van der Waals surface area contributed by atoms with E-state index in [9.17, 15) is 0 Å². The first-order valence-corrected chi connectivity index (χ1v) is 5.04. The predicted octanol–water partition coefficient (Wildman–Crippen LogP) is 4.32. The van der Waals surface area contributed by atoms with Crippen molar-refractivity contribution in [2.75, 3.05) is 0 Å². The summed E-state index contributed by atoms with van der Waals surface area (Å²) in [5.74, 6) is 0. The first kappa shape index (κ1) is 11.4. The fourth-order valence-corrected chi connectivity index (χ4v) is 1.91. The Bertz CT molecular complexity index is 335. The standard InChI is InChI=1S/C8H7Cl4N/c1-3(13)4-2-5(9)7(11)8(12)6(4)10/h2-3H,13H2,1H3. The highest BCUT2D eigenvalue weighted by Crippen LogP contribution is 2.39. The second-order valence-corrected chi connectivity index (χ2v) is 4.22. The van der Waals surface area contributed by atoms with E-state index in [0.717, 1.165) is 0 Å². The summed E-state index contributed by atoms with van der Waals surface area (Å²) < 4.78 is 0. The Kier molecular flexibility index (Phi) is 3.73. The van der Waals surface area contributed by atoms with E-state index in [1.807, 2.05) is 0 Å². The smallest absolute Gasteiger partial charge is 0.0797 e. The van der Waals surface area contributed by atoms with Crippen LogP contribution in [0.3, 0.4) is 0 Å². The van der Waals surface area contributed by atoms with Crippen molar-refractivity contribution in [1.29, 1.82) is 0 Å². The van der Waals surface area contributed by atoms with E-state index >= 15 is 0 Å². The van der Waals surface area contributed by atoms with Gasteiger partial charge < -0.3 is 5.73 Å². The van der Waals surface area contributed by atoms with Crippen LogP contribution in [0, 0.1) is 0 Å². The Morgan fingerprint density at radius 2 is 1.62 bits per heavy atom. The predicted molar refractivity (Wildman–Crippen MR) is 59.1 cm³/mol.